The molecule has 110 valence electrons. The van der Waals surface area contributed by atoms with E-state index >= 15 is 0 Å². The predicted octanol–water partition coefficient (Wildman–Crippen LogP) is 3.54. The number of nitrogens with one attached hydrogen (secondary N) is 1. The van der Waals surface area contributed by atoms with Crippen molar-refractivity contribution in [3.05, 3.63) is 39.9 Å². The molecule has 0 aromatic heterocycles. The van der Waals surface area contributed by atoms with E-state index in [2.05, 4.69) is 19.2 Å². The summed E-state index contributed by atoms with van der Waals surface area (Å²) in [6.45, 7) is 4.94. The van der Waals surface area contributed by atoms with Crippen LogP contribution >= 0.6 is 0 Å². The van der Waals surface area contributed by atoms with E-state index < -0.39 is 4.92 Å². The van der Waals surface area contributed by atoms with Gasteiger partial charge in [0.1, 0.15) is 0 Å². The van der Waals surface area contributed by atoms with E-state index in [0.29, 0.717) is 18.0 Å². The van der Waals surface area contributed by atoms with E-state index in [0.717, 1.165) is 25.7 Å². The first-order valence-electron chi connectivity index (χ1n) is 7.11. The first-order chi connectivity index (χ1) is 9.58. The van der Waals surface area contributed by atoms with Crippen molar-refractivity contribution in [2.24, 2.45) is 5.92 Å². The van der Waals surface area contributed by atoms with Crippen molar-refractivity contribution in [1.29, 1.82) is 0 Å². The first-order valence-corrected chi connectivity index (χ1v) is 7.11. The van der Waals surface area contributed by atoms with E-state index in [4.69, 9.17) is 0 Å². The lowest BCUT2D eigenvalue weighted by atomic mass is 9.98. The van der Waals surface area contributed by atoms with Gasteiger partial charge in [0, 0.05) is 24.2 Å². The fourth-order valence-electron chi connectivity index (χ4n) is 2.24. The highest BCUT2D eigenvalue weighted by molar-refractivity contribution is 5.94. The van der Waals surface area contributed by atoms with Gasteiger partial charge in [0.15, 0.2) is 0 Å². The maximum absolute atomic E-state index is 12.0. The molecular weight excluding hydrogens is 256 g/mol. The Morgan fingerprint density at radius 1 is 1.20 bits per heavy atom. The average molecular weight is 278 g/mol. The lowest BCUT2D eigenvalue weighted by molar-refractivity contribution is -0.384. The summed E-state index contributed by atoms with van der Waals surface area (Å²) in [4.78, 5) is 22.0. The van der Waals surface area contributed by atoms with Crippen molar-refractivity contribution in [2.75, 3.05) is 6.54 Å². The quantitative estimate of drug-likeness (QED) is 0.584. The summed E-state index contributed by atoms with van der Waals surface area (Å²) in [5, 5.41) is 13.5. The molecule has 1 aromatic carbocycles. The Morgan fingerprint density at radius 2 is 1.75 bits per heavy atom. The monoisotopic (exact) mass is 278 g/mol. The van der Waals surface area contributed by atoms with E-state index in [-0.39, 0.29) is 11.6 Å². The normalized spacial score (nSPS) is 10.6. The topological polar surface area (TPSA) is 72.2 Å². The Kier molecular flexibility index (Phi) is 6.70. The fourth-order valence-corrected chi connectivity index (χ4v) is 2.24. The molecule has 1 N–H and O–H groups in total. The predicted molar refractivity (Wildman–Crippen MR) is 78.7 cm³/mol. The van der Waals surface area contributed by atoms with Crippen molar-refractivity contribution in [3.63, 3.8) is 0 Å². The summed E-state index contributed by atoms with van der Waals surface area (Å²) < 4.78 is 0. The van der Waals surface area contributed by atoms with Gasteiger partial charge in [-0.15, -0.1) is 0 Å². The number of nitro groups is 1. The number of non-ortho nitro benzene ring substituents is 1. The van der Waals surface area contributed by atoms with Crippen LogP contribution < -0.4 is 5.32 Å². The average Bonchev–Trinajstić information content (AvgIpc) is 2.45. The van der Waals surface area contributed by atoms with Gasteiger partial charge in [0.2, 0.25) is 0 Å². The highest BCUT2D eigenvalue weighted by atomic mass is 16.6. The number of hydrogen-bond acceptors (Lipinski definition) is 3. The van der Waals surface area contributed by atoms with Gasteiger partial charge in [-0.1, -0.05) is 26.7 Å². The molecule has 1 rings (SSSR count). The third kappa shape index (κ3) is 4.99. The number of rotatable bonds is 8. The summed E-state index contributed by atoms with van der Waals surface area (Å²) in [7, 11) is 0. The molecule has 0 aliphatic carbocycles. The van der Waals surface area contributed by atoms with Crippen LogP contribution in [0.1, 0.15) is 49.9 Å². The number of nitro benzene ring substituents is 1. The molecule has 0 saturated heterocycles. The minimum Gasteiger partial charge on any atom is -0.352 e. The maximum Gasteiger partial charge on any atom is 0.269 e. The van der Waals surface area contributed by atoms with Gasteiger partial charge in [-0.05, 0) is 30.9 Å². The minimum absolute atomic E-state index is 0.00334. The Morgan fingerprint density at radius 3 is 2.20 bits per heavy atom. The molecule has 0 unspecified atom stereocenters. The van der Waals surface area contributed by atoms with Crippen LogP contribution in [0.4, 0.5) is 5.69 Å². The Labute approximate surface area is 119 Å². The lowest BCUT2D eigenvalue weighted by Crippen LogP contribution is -2.29. The molecule has 0 atom stereocenters. The minimum atomic E-state index is -0.472. The van der Waals surface area contributed by atoms with Crippen LogP contribution in [0.3, 0.4) is 0 Å². The zero-order valence-corrected chi connectivity index (χ0v) is 12.1. The molecule has 0 heterocycles. The molecule has 0 bridgehead atoms. The number of hydrogen-bond donors (Lipinski definition) is 1. The number of carbonyl (C=O) groups is 1. The van der Waals surface area contributed by atoms with Crippen LogP contribution in [0.25, 0.3) is 0 Å². The molecule has 0 radical (unpaired) electrons. The number of carbonyl (C=O) groups excluding carboxylic acids is 1. The standard InChI is InChI=1S/C15H22N2O3/c1-3-5-12(6-4-2)11-16-15(18)13-7-9-14(10-8-13)17(19)20/h7-10,12H,3-6,11H2,1-2H3,(H,16,18). The van der Waals surface area contributed by atoms with Crippen LogP contribution in [0.2, 0.25) is 0 Å². The van der Waals surface area contributed by atoms with Gasteiger partial charge >= 0.3 is 0 Å². The third-order valence-corrected chi connectivity index (χ3v) is 3.29. The van der Waals surface area contributed by atoms with Gasteiger partial charge in [-0.3, -0.25) is 14.9 Å². The molecule has 0 spiro atoms. The van der Waals surface area contributed by atoms with Crippen molar-refractivity contribution < 1.29 is 9.72 Å². The second-order valence-electron chi connectivity index (χ2n) is 4.96. The molecule has 5 nitrogen and oxygen atoms in total. The highest BCUT2D eigenvalue weighted by Crippen LogP contribution is 2.14. The van der Waals surface area contributed by atoms with Crippen LogP contribution in [0.5, 0.6) is 0 Å². The summed E-state index contributed by atoms with van der Waals surface area (Å²) >= 11 is 0. The van der Waals surface area contributed by atoms with Crippen molar-refractivity contribution in [2.45, 2.75) is 39.5 Å². The van der Waals surface area contributed by atoms with Crippen LogP contribution in [0.15, 0.2) is 24.3 Å². The summed E-state index contributed by atoms with van der Waals surface area (Å²) in [5.41, 5.74) is 0.457. The largest absolute Gasteiger partial charge is 0.352 e. The van der Waals surface area contributed by atoms with Gasteiger partial charge in [0.05, 0.1) is 4.92 Å². The Hall–Kier alpha value is -1.91. The number of nitrogens with zero attached hydrogens (tertiary/aromatic N) is 1. The summed E-state index contributed by atoms with van der Waals surface area (Å²) in [5.74, 6) is 0.337. The molecule has 20 heavy (non-hydrogen) atoms. The van der Waals surface area contributed by atoms with E-state index in [1.165, 1.54) is 24.3 Å². The van der Waals surface area contributed by atoms with Gasteiger partial charge in [0.25, 0.3) is 11.6 Å². The third-order valence-electron chi connectivity index (χ3n) is 3.29. The molecule has 5 heteroatoms. The van der Waals surface area contributed by atoms with Crippen molar-refractivity contribution in [3.8, 4) is 0 Å². The van der Waals surface area contributed by atoms with E-state index in [9.17, 15) is 14.9 Å². The molecule has 0 aliphatic rings. The van der Waals surface area contributed by atoms with Crippen LogP contribution in [-0.2, 0) is 0 Å². The maximum atomic E-state index is 12.0. The first kappa shape index (κ1) is 16.1. The molecular formula is C15H22N2O3. The van der Waals surface area contributed by atoms with E-state index in [1.54, 1.807) is 0 Å². The fraction of sp³-hybridized carbons (Fsp3) is 0.533. The molecule has 1 amide bonds. The Bertz CT molecular complexity index is 437. The zero-order valence-electron chi connectivity index (χ0n) is 12.1. The number of amides is 1. The van der Waals surface area contributed by atoms with Gasteiger partial charge < -0.3 is 5.32 Å². The molecule has 1 aromatic rings. The van der Waals surface area contributed by atoms with Crippen molar-refractivity contribution in [1.82, 2.24) is 5.32 Å². The molecule has 0 aliphatic heterocycles. The van der Waals surface area contributed by atoms with Gasteiger partial charge in [-0.25, -0.2) is 0 Å². The second-order valence-corrected chi connectivity index (χ2v) is 4.96. The smallest absolute Gasteiger partial charge is 0.269 e. The zero-order chi connectivity index (χ0) is 15.0. The molecule has 0 saturated carbocycles. The van der Waals surface area contributed by atoms with Crippen LogP contribution in [-0.4, -0.2) is 17.4 Å². The Balaban J connectivity index is 2.55. The highest BCUT2D eigenvalue weighted by Gasteiger charge is 2.12. The summed E-state index contributed by atoms with van der Waals surface area (Å²) in [6.07, 6.45) is 4.43. The lowest BCUT2D eigenvalue weighted by Gasteiger charge is -2.15. The van der Waals surface area contributed by atoms with Crippen LogP contribution in [0, 0.1) is 16.0 Å². The van der Waals surface area contributed by atoms with Crippen molar-refractivity contribution >= 4 is 11.6 Å². The SMILES string of the molecule is CCCC(CCC)CNC(=O)c1ccc([N+](=O)[O-])cc1. The summed E-state index contributed by atoms with van der Waals surface area (Å²) in [6, 6.07) is 5.68. The molecule has 0 fully saturated rings. The second kappa shape index (κ2) is 8.30. The van der Waals surface area contributed by atoms with E-state index in [1.807, 2.05) is 0 Å². The number of benzene rings is 1. The van der Waals surface area contributed by atoms with Gasteiger partial charge in [-0.2, -0.15) is 0 Å².